The first kappa shape index (κ1) is 10.6. The van der Waals surface area contributed by atoms with Crippen LogP contribution in [0.5, 0.6) is 0 Å². The largest absolute Gasteiger partial charge is 0.295 e. The molecule has 0 unspecified atom stereocenters. The van der Waals surface area contributed by atoms with Crippen molar-refractivity contribution in [3.8, 4) is 0 Å². The lowest BCUT2D eigenvalue weighted by atomic mass is 9.37. The van der Waals surface area contributed by atoms with E-state index in [1.165, 1.54) is 12.8 Å². The molecule has 2 fully saturated rings. The highest BCUT2D eigenvalue weighted by molar-refractivity contribution is 5.96. The van der Waals surface area contributed by atoms with Gasteiger partial charge in [-0.25, -0.2) is 0 Å². The SMILES string of the molecule is CC1=C[C@@H]2C(C)(C)[C@H]3CC[C@H](C)[C@@]23CC1=O. The van der Waals surface area contributed by atoms with Gasteiger partial charge in [0, 0.05) is 6.42 Å². The first-order valence-electron chi connectivity index (χ1n) is 6.62. The van der Waals surface area contributed by atoms with E-state index in [0.717, 1.165) is 23.8 Å². The molecule has 1 heteroatoms. The van der Waals surface area contributed by atoms with Gasteiger partial charge in [0.25, 0.3) is 0 Å². The molecule has 2 saturated carbocycles. The average molecular weight is 218 g/mol. The van der Waals surface area contributed by atoms with Crippen LogP contribution in [-0.4, -0.2) is 5.78 Å². The summed E-state index contributed by atoms with van der Waals surface area (Å²) in [4.78, 5) is 12.0. The van der Waals surface area contributed by atoms with Gasteiger partial charge in [-0.05, 0) is 53.9 Å². The number of Topliss-reactive ketones (excluding diaryl/α,β-unsaturated/α-hetero) is 1. The van der Waals surface area contributed by atoms with E-state index in [-0.39, 0.29) is 0 Å². The van der Waals surface area contributed by atoms with Crippen molar-refractivity contribution < 1.29 is 4.79 Å². The summed E-state index contributed by atoms with van der Waals surface area (Å²) in [6.45, 7) is 9.17. The average Bonchev–Trinajstić information content (AvgIpc) is 2.49. The predicted octanol–water partition coefficient (Wildman–Crippen LogP) is 3.59. The molecule has 3 aliphatic rings. The second-order valence-electron chi connectivity index (χ2n) is 6.89. The Bertz CT molecular complexity index is 390. The van der Waals surface area contributed by atoms with E-state index in [1.54, 1.807) is 0 Å². The van der Waals surface area contributed by atoms with E-state index in [1.807, 2.05) is 6.92 Å². The number of carbonyl (C=O) groups is 1. The molecule has 3 rings (SSSR count). The molecule has 3 aliphatic carbocycles. The van der Waals surface area contributed by atoms with E-state index >= 15 is 0 Å². The van der Waals surface area contributed by atoms with Crippen molar-refractivity contribution in [1.29, 1.82) is 0 Å². The molecular weight excluding hydrogens is 196 g/mol. The Morgan fingerprint density at radius 1 is 1.31 bits per heavy atom. The minimum atomic E-state index is 0.347. The lowest BCUT2D eigenvalue weighted by Crippen LogP contribution is -2.63. The van der Waals surface area contributed by atoms with Crippen molar-refractivity contribution in [3.05, 3.63) is 11.6 Å². The summed E-state index contributed by atoms with van der Waals surface area (Å²) in [5.41, 5.74) is 1.79. The summed E-state index contributed by atoms with van der Waals surface area (Å²) in [5.74, 6) is 2.59. The van der Waals surface area contributed by atoms with Crippen LogP contribution in [0.2, 0.25) is 0 Å². The maximum Gasteiger partial charge on any atom is 0.158 e. The fourth-order valence-corrected chi connectivity index (χ4v) is 5.24. The summed E-state index contributed by atoms with van der Waals surface area (Å²) in [6, 6.07) is 0. The Morgan fingerprint density at radius 2 is 2.00 bits per heavy atom. The molecule has 0 saturated heterocycles. The Hall–Kier alpha value is -0.590. The van der Waals surface area contributed by atoms with Crippen LogP contribution in [0.4, 0.5) is 0 Å². The fourth-order valence-electron chi connectivity index (χ4n) is 5.24. The van der Waals surface area contributed by atoms with Crippen molar-refractivity contribution in [2.24, 2.45) is 28.6 Å². The maximum absolute atomic E-state index is 12.0. The maximum atomic E-state index is 12.0. The second-order valence-corrected chi connectivity index (χ2v) is 6.89. The standard InChI is InChI=1S/C15H22O/c1-9-7-13-14(3,4)12-6-5-10(2)15(12,13)8-11(9)16/h7,10,12-13H,5-6,8H2,1-4H3/t10-,12+,13+,15+/m0/s1. The summed E-state index contributed by atoms with van der Waals surface area (Å²) in [7, 11) is 0. The smallest absolute Gasteiger partial charge is 0.158 e. The zero-order chi connectivity index (χ0) is 11.7. The van der Waals surface area contributed by atoms with Gasteiger partial charge in [-0.2, -0.15) is 0 Å². The molecule has 0 bridgehead atoms. The van der Waals surface area contributed by atoms with Crippen LogP contribution in [-0.2, 0) is 4.79 Å². The van der Waals surface area contributed by atoms with E-state index in [0.29, 0.717) is 22.5 Å². The van der Waals surface area contributed by atoms with Gasteiger partial charge >= 0.3 is 0 Å². The lowest BCUT2D eigenvalue weighted by molar-refractivity contribution is -0.172. The van der Waals surface area contributed by atoms with Gasteiger partial charge in [0.05, 0.1) is 0 Å². The molecule has 0 aliphatic heterocycles. The van der Waals surface area contributed by atoms with Gasteiger partial charge in [0.2, 0.25) is 0 Å². The molecule has 16 heavy (non-hydrogen) atoms. The highest BCUT2D eigenvalue weighted by atomic mass is 16.1. The Kier molecular flexibility index (Phi) is 1.85. The van der Waals surface area contributed by atoms with Crippen LogP contribution < -0.4 is 0 Å². The Balaban J connectivity index is 2.10. The molecule has 0 radical (unpaired) electrons. The number of ketones is 1. The van der Waals surface area contributed by atoms with Gasteiger partial charge in [-0.15, -0.1) is 0 Å². The van der Waals surface area contributed by atoms with Gasteiger partial charge in [-0.1, -0.05) is 26.8 Å². The minimum Gasteiger partial charge on any atom is -0.295 e. The van der Waals surface area contributed by atoms with E-state index in [9.17, 15) is 4.79 Å². The summed E-state index contributed by atoms with van der Waals surface area (Å²) >= 11 is 0. The van der Waals surface area contributed by atoms with Crippen LogP contribution in [0.15, 0.2) is 11.6 Å². The van der Waals surface area contributed by atoms with Crippen LogP contribution in [0.25, 0.3) is 0 Å². The van der Waals surface area contributed by atoms with E-state index < -0.39 is 0 Å². The minimum absolute atomic E-state index is 0.347. The Morgan fingerprint density at radius 3 is 2.69 bits per heavy atom. The highest BCUT2D eigenvalue weighted by Gasteiger charge is 2.70. The van der Waals surface area contributed by atoms with Gasteiger partial charge in [0.15, 0.2) is 5.78 Å². The van der Waals surface area contributed by atoms with Crippen molar-refractivity contribution in [2.75, 3.05) is 0 Å². The molecule has 88 valence electrons. The number of hydrogen-bond acceptors (Lipinski definition) is 1. The molecular formula is C15H22O. The third-order valence-corrected chi connectivity index (χ3v) is 6.06. The lowest BCUT2D eigenvalue weighted by Gasteiger charge is -2.67. The molecule has 0 N–H and O–H groups in total. The normalized spacial score (nSPS) is 49.1. The second kappa shape index (κ2) is 2.80. The topological polar surface area (TPSA) is 17.1 Å². The number of allylic oxidation sites excluding steroid dienone is 2. The molecule has 0 aromatic heterocycles. The molecule has 1 nitrogen and oxygen atoms in total. The predicted molar refractivity (Wildman–Crippen MR) is 65.0 cm³/mol. The highest BCUT2D eigenvalue weighted by Crippen LogP contribution is 2.75. The van der Waals surface area contributed by atoms with E-state index in [4.69, 9.17) is 0 Å². The molecule has 0 aromatic rings. The zero-order valence-corrected chi connectivity index (χ0v) is 10.8. The molecule has 1 spiro atoms. The molecule has 0 aromatic carbocycles. The van der Waals surface area contributed by atoms with Crippen molar-refractivity contribution in [1.82, 2.24) is 0 Å². The van der Waals surface area contributed by atoms with Crippen molar-refractivity contribution in [3.63, 3.8) is 0 Å². The third-order valence-electron chi connectivity index (χ3n) is 6.06. The third kappa shape index (κ3) is 0.919. The number of rotatable bonds is 0. The van der Waals surface area contributed by atoms with Crippen LogP contribution >= 0.6 is 0 Å². The first-order chi connectivity index (χ1) is 7.40. The van der Waals surface area contributed by atoms with Crippen LogP contribution in [0.3, 0.4) is 0 Å². The molecule has 0 heterocycles. The Labute approximate surface area is 98.3 Å². The molecule has 0 amide bonds. The summed E-state index contributed by atoms with van der Waals surface area (Å²) in [5, 5.41) is 0. The molecule has 4 atom stereocenters. The quantitative estimate of drug-likeness (QED) is 0.607. The van der Waals surface area contributed by atoms with E-state index in [2.05, 4.69) is 26.8 Å². The number of hydrogen-bond donors (Lipinski definition) is 0. The zero-order valence-electron chi connectivity index (χ0n) is 10.8. The van der Waals surface area contributed by atoms with Gasteiger partial charge in [-0.3, -0.25) is 4.79 Å². The van der Waals surface area contributed by atoms with Crippen molar-refractivity contribution in [2.45, 2.75) is 47.0 Å². The fraction of sp³-hybridized carbons (Fsp3) is 0.800. The summed E-state index contributed by atoms with van der Waals surface area (Å²) < 4.78 is 0. The van der Waals surface area contributed by atoms with Crippen LogP contribution in [0, 0.1) is 28.6 Å². The van der Waals surface area contributed by atoms with Gasteiger partial charge in [0.1, 0.15) is 0 Å². The van der Waals surface area contributed by atoms with Gasteiger partial charge < -0.3 is 0 Å². The number of carbonyl (C=O) groups excluding carboxylic acids is 1. The first-order valence-corrected chi connectivity index (χ1v) is 6.62. The van der Waals surface area contributed by atoms with Crippen LogP contribution in [0.1, 0.15) is 47.0 Å². The van der Waals surface area contributed by atoms with Crippen molar-refractivity contribution >= 4 is 5.78 Å². The monoisotopic (exact) mass is 218 g/mol. The summed E-state index contributed by atoms with van der Waals surface area (Å²) in [6.07, 6.45) is 5.79.